The summed E-state index contributed by atoms with van der Waals surface area (Å²) in [5.74, 6) is 0.0314. The number of halogens is 1. The molecule has 0 bridgehead atoms. The van der Waals surface area contributed by atoms with Crippen LogP contribution >= 0.6 is 15.9 Å². The van der Waals surface area contributed by atoms with Crippen molar-refractivity contribution in [2.24, 2.45) is 0 Å². The number of esters is 2. The van der Waals surface area contributed by atoms with Gasteiger partial charge in [-0.2, -0.15) is 0 Å². The van der Waals surface area contributed by atoms with Gasteiger partial charge in [-0.3, -0.25) is 0 Å². The van der Waals surface area contributed by atoms with Crippen molar-refractivity contribution in [1.82, 2.24) is 0 Å². The van der Waals surface area contributed by atoms with Gasteiger partial charge in [0.2, 0.25) is 0 Å². The standard InChI is InChI=1S/C23H19BrO5/c1-27-21-12-9-18(15-20(21)24)23(26)29-19-10-7-17(8-11-19)22(25)28-14-13-16-5-3-2-4-6-16/h2-12,15H,13-14H2,1H3. The van der Waals surface area contributed by atoms with Crippen LogP contribution in [-0.2, 0) is 11.2 Å². The number of hydrogen-bond donors (Lipinski definition) is 0. The van der Waals surface area contributed by atoms with Gasteiger partial charge in [0.15, 0.2) is 0 Å². The highest BCUT2D eigenvalue weighted by Crippen LogP contribution is 2.26. The summed E-state index contributed by atoms with van der Waals surface area (Å²) >= 11 is 3.34. The molecular weight excluding hydrogens is 436 g/mol. The van der Waals surface area contributed by atoms with Gasteiger partial charge in [-0.1, -0.05) is 30.3 Å². The van der Waals surface area contributed by atoms with Crippen molar-refractivity contribution in [3.63, 3.8) is 0 Å². The fourth-order valence-corrected chi connectivity index (χ4v) is 3.15. The summed E-state index contributed by atoms with van der Waals surface area (Å²) in [5, 5.41) is 0. The number of ether oxygens (including phenoxy) is 3. The lowest BCUT2D eigenvalue weighted by atomic mass is 10.2. The summed E-state index contributed by atoms with van der Waals surface area (Å²) in [6.45, 7) is 0.298. The minimum absolute atomic E-state index is 0.298. The van der Waals surface area contributed by atoms with Crippen molar-refractivity contribution in [1.29, 1.82) is 0 Å². The minimum Gasteiger partial charge on any atom is -0.496 e. The Balaban J connectivity index is 1.54. The van der Waals surface area contributed by atoms with Crippen LogP contribution in [0.1, 0.15) is 26.3 Å². The summed E-state index contributed by atoms with van der Waals surface area (Å²) in [7, 11) is 1.55. The molecule has 0 saturated carbocycles. The van der Waals surface area contributed by atoms with Crippen LogP contribution in [0.5, 0.6) is 11.5 Å². The minimum atomic E-state index is -0.508. The molecule has 3 rings (SSSR count). The van der Waals surface area contributed by atoms with E-state index in [1.807, 2.05) is 30.3 Å². The van der Waals surface area contributed by atoms with Crippen LogP contribution in [0.25, 0.3) is 0 Å². The fraction of sp³-hybridized carbons (Fsp3) is 0.130. The number of hydrogen-bond acceptors (Lipinski definition) is 5. The van der Waals surface area contributed by atoms with Gasteiger partial charge >= 0.3 is 11.9 Å². The van der Waals surface area contributed by atoms with Crippen molar-refractivity contribution >= 4 is 27.9 Å². The van der Waals surface area contributed by atoms with Gasteiger partial charge in [0.1, 0.15) is 11.5 Å². The van der Waals surface area contributed by atoms with Crippen LogP contribution in [-0.4, -0.2) is 25.7 Å². The van der Waals surface area contributed by atoms with E-state index in [1.54, 1.807) is 49.6 Å². The highest BCUT2D eigenvalue weighted by Gasteiger charge is 2.13. The summed E-state index contributed by atoms with van der Waals surface area (Å²) < 4.78 is 16.4. The SMILES string of the molecule is COc1ccc(C(=O)Oc2ccc(C(=O)OCCc3ccccc3)cc2)cc1Br. The first kappa shape index (κ1) is 20.6. The van der Waals surface area contributed by atoms with Gasteiger partial charge in [0.05, 0.1) is 29.3 Å². The molecule has 6 heteroatoms. The molecule has 0 aliphatic carbocycles. The van der Waals surface area contributed by atoms with Gasteiger partial charge < -0.3 is 14.2 Å². The Kier molecular flexibility index (Phi) is 7.03. The maximum atomic E-state index is 12.3. The quantitative estimate of drug-likeness (QED) is 0.368. The second-order valence-electron chi connectivity index (χ2n) is 6.13. The molecule has 29 heavy (non-hydrogen) atoms. The van der Waals surface area contributed by atoms with E-state index in [-0.39, 0.29) is 0 Å². The van der Waals surface area contributed by atoms with E-state index < -0.39 is 11.9 Å². The Hall–Kier alpha value is -3.12. The maximum absolute atomic E-state index is 12.3. The monoisotopic (exact) mass is 454 g/mol. The highest BCUT2D eigenvalue weighted by atomic mass is 79.9. The Morgan fingerprint density at radius 1 is 0.862 bits per heavy atom. The second kappa shape index (κ2) is 9.89. The van der Waals surface area contributed by atoms with Crippen LogP contribution in [0.3, 0.4) is 0 Å². The average Bonchev–Trinajstić information content (AvgIpc) is 2.75. The average molecular weight is 455 g/mol. The largest absolute Gasteiger partial charge is 0.496 e. The zero-order chi connectivity index (χ0) is 20.6. The van der Waals surface area contributed by atoms with E-state index >= 15 is 0 Å². The first-order valence-electron chi connectivity index (χ1n) is 8.93. The molecule has 0 heterocycles. The van der Waals surface area contributed by atoms with Crippen LogP contribution in [0.15, 0.2) is 77.3 Å². The van der Waals surface area contributed by atoms with Gasteiger partial charge in [0, 0.05) is 6.42 Å². The van der Waals surface area contributed by atoms with E-state index in [4.69, 9.17) is 14.2 Å². The topological polar surface area (TPSA) is 61.8 Å². The molecule has 0 atom stereocenters. The molecular formula is C23H19BrO5. The molecule has 3 aromatic rings. The molecule has 5 nitrogen and oxygen atoms in total. The maximum Gasteiger partial charge on any atom is 0.343 e. The Morgan fingerprint density at radius 2 is 1.55 bits per heavy atom. The second-order valence-corrected chi connectivity index (χ2v) is 6.99. The van der Waals surface area contributed by atoms with Gasteiger partial charge in [-0.15, -0.1) is 0 Å². The van der Waals surface area contributed by atoms with E-state index in [9.17, 15) is 9.59 Å². The predicted molar refractivity (Wildman–Crippen MR) is 113 cm³/mol. The van der Waals surface area contributed by atoms with Crippen LogP contribution in [0.4, 0.5) is 0 Å². The molecule has 0 aromatic heterocycles. The molecule has 148 valence electrons. The van der Waals surface area contributed by atoms with E-state index in [0.717, 1.165) is 5.56 Å². The Labute approximate surface area is 177 Å². The molecule has 0 aliphatic heterocycles. The summed E-state index contributed by atoms with van der Waals surface area (Å²) in [5.41, 5.74) is 1.87. The lowest BCUT2D eigenvalue weighted by molar-refractivity contribution is 0.0509. The lowest BCUT2D eigenvalue weighted by Crippen LogP contribution is -2.10. The number of carbonyl (C=O) groups excluding carboxylic acids is 2. The summed E-state index contributed by atoms with van der Waals surface area (Å²) in [6.07, 6.45) is 0.652. The third-order valence-corrected chi connectivity index (χ3v) is 4.77. The van der Waals surface area contributed by atoms with Gasteiger partial charge in [0.25, 0.3) is 0 Å². The van der Waals surface area contributed by atoms with Gasteiger partial charge in [-0.25, -0.2) is 9.59 Å². The molecule has 0 amide bonds. The summed E-state index contributed by atoms with van der Waals surface area (Å²) in [4.78, 5) is 24.4. The lowest BCUT2D eigenvalue weighted by Gasteiger charge is -2.08. The fourth-order valence-electron chi connectivity index (χ4n) is 2.61. The molecule has 0 spiro atoms. The number of methoxy groups -OCH3 is 1. The summed E-state index contributed by atoms with van der Waals surface area (Å²) in [6, 6.07) is 21.0. The number of carbonyl (C=O) groups is 2. The molecule has 0 saturated heterocycles. The third kappa shape index (κ3) is 5.68. The molecule has 0 N–H and O–H groups in total. The first-order chi connectivity index (χ1) is 14.1. The van der Waals surface area contributed by atoms with Gasteiger partial charge in [-0.05, 0) is 64.0 Å². The van der Waals surface area contributed by atoms with Crippen molar-refractivity contribution < 1.29 is 23.8 Å². The van der Waals surface area contributed by atoms with Crippen LogP contribution < -0.4 is 9.47 Å². The van der Waals surface area contributed by atoms with Crippen LogP contribution in [0, 0.1) is 0 Å². The molecule has 0 aliphatic rings. The van der Waals surface area contributed by atoms with E-state index in [1.165, 1.54) is 0 Å². The Morgan fingerprint density at radius 3 is 2.21 bits per heavy atom. The van der Waals surface area contributed by atoms with Crippen molar-refractivity contribution in [3.8, 4) is 11.5 Å². The molecule has 0 radical (unpaired) electrons. The predicted octanol–water partition coefficient (Wildman–Crippen LogP) is 5.08. The van der Waals surface area contributed by atoms with E-state index in [0.29, 0.717) is 40.1 Å². The van der Waals surface area contributed by atoms with Crippen molar-refractivity contribution in [3.05, 3.63) is 94.0 Å². The van der Waals surface area contributed by atoms with Crippen molar-refractivity contribution in [2.75, 3.05) is 13.7 Å². The first-order valence-corrected chi connectivity index (χ1v) is 9.73. The van der Waals surface area contributed by atoms with Crippen LogP contribution in [0.2, 0.25) is 0 Å². The molecule has 0 unspecified atom stereocenters. The third-order valence-electron chi connectivity index (χ3n) is 4.15. The Bertz CT molecular complexity index is 984. The molecule has 3 aromatic carbocycles. The smallest absolute Gasteiger partial charge is 0.343 e. The zero-order valence-electron chi connectivity index (χ0n) is 15.8. The number of benzene rings is 3. The number of rotatable bonds is 7. The van der Waals surface area contributed by atoms with E-state index in [2.05, 4.69) is 15.9 Å². The molecule has 0 fully saturated rings. The van der Waals surface area contributed by atoms with Crippen molar-refractivity contribution in [2.45, 2.75) is 6.42 Å². The normalized spacial score (nSPS) is 10.3. The highest BCUT2D eigenvalue weighted by molar-refractivity contribution is 9.10. The zero-order valence-corrected chi connectivity index (χ0v) is 17.3.